The minimum atomic E-state index is -0.370. The molecule has 1 amide bonds. The molecule has 0 aliphatic heterocycles. The molecule has 0 spiro atoms. The molecular weight excluding hydrogens is 448 g/mol. The number of para-hydroxylation sites is 1. The molecule has 0 unspecified atom stereocenters. The van der Waals surface area contributed by atoms with Crippen LogP contribution in [0.4, 0.5) is 0 Å². The zero-order valence-electron chi connectivity index (χ0n) is 16.6. The Morgan fingerprint density at radius 2 is 1.77 bits per heavy atom. The number of ether oxygens (including phenoxy) is 3. The van der Waals surface area contributed by atoms with E-state index in [1.807, 2.05) is 30.3 Å². The summed E-state index contributed by atoms with van der Waals surface area (Å²) < 4.78 is 17.3. The summed E-state index contributed by atoms with van der Waals surface area (Å²) >= 11 is 3.41. The van der Waals surface area contributed by atoms with Gasteiger partial charge < -0.3 is 14.2 Å². The van der Waals surface area contributed by atoms with Crippen LogP contribution in [0, 0.1) is 0 Å². The first-order valence-corrected chi connectivity index (χ1v) is 9.91. The lowest BCUT2D eigenvalue weighted by atomic mass is 10.2. The quantitative estimate of drug-likeness (QED) is 0.380. The number of hydrogen-bond donors (Lipinski definition) is 1. The molecule has 3 rings (SSSR count). The van der Waals surface area contributed by atoms with Crippen LogP contribution in [0.5, 0.6) is 17.2 Å². The minimum Gasteiger partial charge on any atom is -0.497 e. The van der Waals surface area contributed by atoms with Gasteiger partial charge in [-0.3, -0.25) is 4.79 Å². The first-order chi connectivity index (χ1) is 14.6. The lowest BCUT2D eigenvalue weighted by molar-refractivity contribution is 0.0950. The first kappa shape index (κ1) is 21.4. The Labute approximate surface area is 183 Å². The van der Waals surface area contributed by atoms with Crippen molar-refractivity contribution in [2.75, 3.05) is 14.2 Å². The van der Waals surface area contributed by atoms with Gasteiger partial charge >= 0.3 is 0 Å². The summed E-state index contributed by atoms with van der Waals surface area (Å²) in [6, 6.07) is 20.2. The van der Waals surface area contributed by atoms with Crippen LogP contribution in [0.1, 0.15) is 21.5 Å². The van der Waals surface area contributed by atoms with E-state index in [2.05, 4.69) is 26.5 Å². The molecular formula is C23H21BrN2O4. The van der Waals surface area contributed by atoms with E-state index in [0.717, 1.165) is 10.0 Å². The highest BCUT2D eigenvalue weighted by Crippen LogP contribution is 2.23. The molecule has 154 valence electrons. The fourth-order valence-corrected chi connectivity index (χ4v) is 2.93. The van der Waals surface area contributed by atoms with Gasteiger partial charge in [-0.25, -0.2) is 5.43 Å². The molecule has 0 saturated carbocycles. The molecule has 0 heterocycles. The molecule has 30 heavy (non-hydrogen) atoms. The van der Waals surface area contributed by atoms with E-state index >= 15 is 0 Å². The summed E-state index contributed by atoms with van der Waals surface area (Å²) in [5.41, 5.74) is 4.63. The second kappa shape index (κ2) is 10.5. The van der Waals surface area contributed by atoms with E-state index in [0.29, 0.717) is 35.0 Å². The Hall–Kier alpha value is -3.32. The SMILES string of the molecule is COc1ccc(/C=N\NC(=O)c2ccccc2OCc2ccc(Br)cc2)c(OC)c1. The highest BCUT2D eigenvalue weighted by Gasteiger charge is 2.12. The number of nitrogens with one attached hydrogen (secondary N) is 1. The second-order valence-electron chi connectivity index (χ2n) is 6.22. The number of benzene rings is 3. The Balaban J connectivity index is 1.67. The molecule has 7 heteroatoms. The van der Waals surface area contributed by atoms with Crippen molar-refractivity contribution in [3.63, 3.8) is 0 Å². The second-order valence-corrected chi connectivity index (χ2v) is 7.13. The zero-order chi connectivity index (χ0) is 21.3. The van der Waals surface area contributed by atoms with Crippen molar-refractivity contribution in [2.24, 2.45) is 5.10 Å². The van der Waals surface area contributed by atoms with Crippen LogP contribution in [0.25, 0.3) is 0 Å². The molecule has 0 atom stereocenters. The van der Waals surface area contributed by atoms with Gasteiger partial charge in [-0.15, -0.1) is 0 Å². The van der Waals surface area contributed by atoms with Gasteiger partial charge in [-0.2, -0.15) is 5.10 Å². The lowest BCUT2D eigenvalue weighted by Gasteiger charge is -2.11. The summed E-state index contributed by atoms with van der Waals surface area (Å²) in [5.74, 6) is 1.37. The largest absolute Gasteiger partial charge is 0.497 e. The number of hydrogen-bond acceptors (Lipinski definition) is 5. The maximum Gasteiger partial charge on any atom is 0.275 e. The Morgan fingerprint density at radius 1 is 1.00 bits per heavy atom. The van der Waals surface area contributed by atoms with Crippen molar-refractivity contribution in [1.82, 2.24) is 5.43 Å². The fraction of sp³-hybridized carbons (Fsp3) is 0.130. The van der Waals surface area contributed by atoms with Crippen molar-refractivity contribution >= 4 is 28.1 Å². The smallest absolute Gasteiger partial charge is 0.275 e. The summed E-state index contributed by atoms with van der Waals surface area (Å²) in [4.78, 5) is 12.6. The summed E-state index contributed by atoms with van der Waals surface area (Å²) in [5, 5.41) is 4.04. The van der Waals surface area contributed by atoms with Gasteiger partial charge in [0.1, 0.15) is 23.9 Å². The van der Waals surface area contributed by atoms with Crippen LogP contribution in [0.3, 0.4) is 0 Å². The highest BCUT2D eigenvalue weighted by atomic mass is 79.9. The van der Waals surface area contributed by atoms with Crippen LogP contribution in [0.15, 0.2) is 76.3 Å². The number of nitrogens with zero attached hydrogens (tertiary/aromatic N) is 1. The van der Waals surface area contributed by atoms with Crippen molar-refractivity contribution in [2.45, 2.75) is 6.61 Å². The number of halogens is 1. The minimum absolute atomic E-state index is 0.351. The normalized spacial score (nSPS) is 10.6. The van der Waals surface area contributed by atoms with Crippen molar-refractivity contribution in [3.05, 3.63) is 87.9 Å². The van der Waals surface area contributed by atoms with Gasteiger partial charge in [0, 0.05) is 16.1 Å². The van der Waals surface area contributed by atoms with Gasteiger partial charge in [0.05, 0.1) is 26.0 Å². The number of methoxy groups -OCH3 is 2. The summed E-state index contributed by atoms with van der Waals surface area (Å²) in [7, 11) is 3.14. The van der Waals surface area contributed by atoms with E-state index in [1.165, 1.54) is 6.21 Å². The number of carbonyl (C=O) groups is 1. The number of rotatable bonds is 8. The average molecular weight is 469 g/mol. The van der Waals surface area contributed by atoms with Crippen molar-refractivity contribution < 1.29 is 19.0 Å². The molecule has 0 saturated heterocycles. The Bertz CT molecular complexity index is 1040. The summed E-state index contributed by atoms with van der Waals surface area (Å²) in [6.07, 6.45) is 1.52. The molecule has 6 nitrogen and oxygen atoms in total. The average Bonchev–Trinajstić information content (AvgIpc) is 2.79. The number of carbonyl (C=O) groups excluding carboxylic acids is 1. The third-order valence-electron chi connectivity index (χ3n) is 4.25. The monoisotopic (exact) mass is 468 g/mol. The predicted molar refractivity (Wildman–Crippen MR) is 120 cm³/mol. The molecule has 0 aliphatic carbocycles. The first-order valence-electron chi connectivity index (χ1n) is 9.12. The number of amides is 1. The topological polar surface area (TPSA) is 69.2 Å². The van der Waals surface area contributed by atoms with Gasteiger partial charge in [0.2, 0.25) is 0 Å². The fourth-order valence-electron chi connectivity index (χ4n) is 2.67. The number of hydrazone groups is 1. The van der Waals surface area contributed by atoms with Gasteiger partial charge in [-0.05, 0) is 42.0 Å². The van der Waals surface area contributed by atoms with Gasteiger partial charge in [0.25, 0.3) is 5.91 Å². The van der Waals surface area contributed by atoms with Crippen LogP contribution in [-0.2, 0) is 6.61 Å². The molecule has 3 aromatic rings. The predicted octanol–water partition coefficient (Wildman–Crippen LogP) is 4.81. The van der Waals surface area contributed by atoms with E-state index < -0.39 is 0 Å². The molecule has 0 aromatic heterocycles. The molecule has 0 aliphatic rings. The molecule has 0 bridgehead atoms. The third-order valence-corrected chi connectivity index (χ3v) is 4.78. The molecule has 0 radical (unpaired) electrons. The standard InChI is InChI=1S/C23H21BrN2O4/c1-28-19-12-9-17(22(13-19)29-2)14-25-26-23(27)20-5-3-4-6-21(20)30-15-16-7-10-18(24)11-8-16/h3-14H,15H2,1-2H3,(H,26,27)/b25-14-. The molecule has 0 fully saturated rings. The van der Waals surface area contributed by atoms with Gasteiger partial charge in [0.15, 0.2) is 0 Å². The summed E-state index contributed by atoms with van der Waals surface area (Å²) in [6.45, 7) is 0.351. The maximum absolute atomic E-state index is 12.6. The van der Waals surface area contributed by atoms with Crippen molar-refractivity contribution in [1.29, 1.82) is 0 Å². The highest BCUT2D eigenvalue weighted by molar-refractivity contribution is 9.10. The van der Waals surface area contributed by atoms with Crippen molar-refractivity contribution in [3.8, 4) is 17.2 Å². The molecule has 1 N–H and O–H groups in total. The van der Waals surface area contributed by atoms with E-state index in [9.17, 15) is 4.79 Å². The molecule has 3 aromatic carbocycles. The Kier molecular flexibility index (Phi) is 7.45. The van der Waals surface area contributed by atoms with Crippen LogP contribution in [0.2, 0.25) is 0 Å². The zero-order valence-corrected chi connectivity index (χ0v) is 18.2. The third kappa shape index (κ3) is 5.61. The van der Waals surface area contributed by atoms with Crippen LogP contribution in [-0.4, -0.2) is 26.3 Å². The van der Waals surface area contributed by atoms with Crippen LogP contribution >= 0.6 is 15.9 Å². The van der Waals surface area contributed by atoms with Gasteiger partial charge in [-0.1, -0.05) is 40.2 Å². The van der Waals surface area contributed by atoms with E-state index in [1.54, 1.807) is 50.6 Å². The van der Waals surface area contributed by atoms with Crippen LogP contribution < -0.4 is 19.6 Å². The maximum atomic E-state index is 12.6. The van der Waals surface area contributed by atoms with E-state index in [4.69, 9.17) is 14.2 Å². The Morgan fingerprint density at radius 3 is 2.50 bits per heavy atom. The van der Waals surface area contributed by atoms with E-state index in [-0.39, 0.29) is 5.91 Å². The lowest BCUT2D eigenvalue weighted by Crippen LogP contribution is -2.18.